The molecule has 0 atom stereocenters. The number of pyridine rings is 1. The second-order valence-corrected chi connectivity index (χ2v) is 5.32. The van der Waals surface area contributed by atoms with Crippen LogP contribution in [0.2, 0.25) is 0 Å². The molecule has 2 N–H and O–H groups in total. The second-order valence-electron chi connectivity index (χ2n) is 4.88. The van der Waals surface area contributed by atoms with Crippen LogP contribution in [0.15, 0.2) is 16.9 Å². The standard InChI is InChI=1S/C13H17N3O2S/c1-8-3-6-10(12(14)19)13(18)16(8)7-11(17)15(2)9-4-5-9/h3,6,9H,4-5,7H2,1-2H3,(H2,14,19). The molecule has 1 saturated carbocycles. The van der Waals surface area contributed by atoms with Gasteiger partial charge in [0, 0.05) is 18.8 Å². The largest absolute Gasteiger partial charge is 0.389 e. The van der Waals surface area contributed by atoms with Crippen LogP contribution in [0.25, 0.3) is 0 Å². The molecule has 0 spiro atoms. The number of aromatic nitrogens is 1. The van der Waals surface area contributed by atoms with Crippen LogP contribution < -0.4 is 11.3 Å². The lowest BCUT2D eigenvalue weighted by atomic mass is 10.2. The van der Waals surface area contributed by atoms with Gasteiger partial charge in [0.05, 0.1) is 5.56 Å². The van der Waals surface area contributed by atoms with Crippen LogP contribution in [0.3, 0.4) is 0 Å². The van der Waals surface area contributed by atoms with Crippen LogP contribution in [0, 0.1) is 6.92 Å². The molecular formula is C13H17N3O2S. The average Bonchev–Trinajstić information content (AvgIpc) is 3.16. The van der Waals surface area contributed by atoms with Crippen molar-refractivity contribution in [2.45, 2.75) is 32.4 Å². The first-order valence-corrected chi connectivity index (χ1v) is 6.58. The summed E-state index contributed by atoms with van der Waals surface area (Å²) in [6.07, 6.45) is 2.09. The molecule has 0 saturated heterocycles. The van der Waals surface area contributed by atoms with Gasteiger partial charge in [-0.3, -0.25) is 9.59 Å². The molecule has 6 heteroatoms. The summed E-state index contributed by atoms with van der Waals surface area (Å²) < 4.78 is 1.43. The lowest BCUT2D eigenvalue weighted by Crippen LogP contribution is -2.37. The molecule has 0 bridgehead atoms. The van der Waals surface area contributed by atoms with E-state index in [1.54, 1.807) is 31.0 Å². The van der Waals surface area contributed by atoms with E-state index >= 15 is 0 Å². The summed E-state index contributed by atoms with van der Waals surface area (Å²) in [7, 11) is 1.78. The van der Waals surface area contributed by atoms with Gasteiger partial charge in [0.2, 0.25) is 5.91 Å². The van der Waals surface area contributed by atoms with Gasteiger partial charge in [-0.1, -0.05) is 12.2 Å². The van der Waals surface area contributed by atoms with E-state index in [4.69, 9.17) is 18.0 Å². The Morgan fingerprint density at radius 2 is 2.16 bits per heavy atom. The average molecular weight is 279 g/mol. The summed E-state index contributed by atoms with van der Waals surface area (Å²) in [5.74, 6) is -0.0622. The number of nitrogens with two attached hydrogens (primary N) is 1. The van der Waals surface area contributed by atoms with Gasteiger partial charge in [-0.25, -0.2) is 0 Å². The fourth-order valence-corrected chi connectivity index (χ4v) is 2.12. The minimum Gasteiger partial charge on any atom is -0.389 e. The van der Waals surface area contributed by atoms with E-state index in [9.17, 15) is 9.59 Å². The first kappa shape index (κ1) is 13.7. The molecule has 1 fully saturated rings. The first-order valence-electron chi connectivity index (χ1n) is 6.17. The molecule has 1 aromatic heterocycles. The fourth-order valence-electron chi connectivity index (χ4n) is 1.97. The molecule has 2 rings (SSSR count). The third-order valence-electron chi connectivity index (χ3n) is 3.44. The summed E-state index contributed by atoms with van der Waals surface area (Å²) in [4.78, 5) is 26.0. The number of rotatable bonds is 4. The summed E-state index contributed by atoms with van der Waals surface area (Å²) in [5, 5.41) is 0. The SMILES string of the molecule is Cc1ccc(C(N)=S)c(=O)n1CC(=O)N(C)C1CC1. The van der Waals surface area contributed by atoms with Crippen molar-refractivity contribution < 1.29 is 4.79 Å². The van der Waals surface area contributed by atoms with Crippen LogP contribution in [0.5, 0.6) is 0 Å². The molecule has 5 nitrogen and oxygen atoms in total. The van der Waals surface area contributed by atoms with Gasteiger partial charge >= 0.3 is 0 Å². The quantitative estimate of drug-likeness (QED) is 0.811. The number of nitrogens with zero attached hydrogens (tertiary/aromatic N) is 2. The second kappa shape index (κ2) is 5.13. The third kappa shape index (κ3) is 2.84. The molecule has 1 aromatic rings. The lowest BCUT2D eigenvalue weighted by Gasteiger charge is -2.18. The molecule has 1 heterocycles. The van der Waals surface area contributed by atoms with E-state index in [1.807, 2.05) is 0 Å². The number of amides is 1. The highest BCUT2D eigenvalue weighted by Gasteiger charge is 2.29. The van der Waals surface area contributed by atoms with E-state index in [2.05, 4.69) is 0 Å². The molecule has 0 unspecified atom stereocenters. The molecule has 1 aliphatic carbocycles. The van der Waals surface area contributed by atoms with Gasteiger partial charge in [0.25, 0.3) is 5.56 Å². The Kier molecular flexibility index (Phi) is 3.71. The van der Waals surface area contributed by atoms with Crippen LogP contribution in [0.1, 0.15) is 24.1 Å². The fraction of sp³-hybridized carbons (Fsp3) is 0.462. The van der Waals surface area contributed by atoms with Crippen LogP contribution in [-0.2, 0) is 11.3 Å². The molecule has 19 heavy (non-hydrogen) atoms. The Bertz CT molecular complexity index is 590. The molecule has 0 aromatic carbocycles. The van der Waals surface area contributed by atoms with Crippen molar-refractivity contribution in [1.82, 2.24) is 9.47 Å². The number of hydrogen-bond acceptors (Lipinski definition) is 3. The molecule has 1 aliphatic rings. The van der Waals surface area contributed by atoms with E-state index in [-0.39, 0.29) is 28.6 Å². The Hall–Kier alpha value is -1.69. The number of aryl methyl sites for hydroxylation is 1. The lowest BCUT2D eigenvalue weighted by molar-refractivity contribution is -0.131. The zero-order valence-electron chi connectivity index (χ0n) is 11.0. The van der Waals surface area contributed by atoms with Crippen molar-refractivity contribution in [2.24, 2.45) is 5.73 Å². The maximum Gasteiger partial charge on any atom is 0.261 e. The van der Waals surface area contributed by atoms with Gasteiger partial charge in [-0.2, -0.15) is 0 Å². The zero-order chi connectivity index (χ0) is 14.2. The van der Waals surface area contributed by atoms with Crippen molar-refractivity contribution in [1.29, 1.82) is 0 Å². The van der Waals surface area contributed by atoms with E-state index in [0.717, 1.165) is 18.5 Å². The Balaban J connectivity index is 2.28. The van der Waals surface area contributed by atoms with Crippen molar-refractivity contribution in [2.75, 3.05) is 7.05 Å². The van der Waals surface area contributed by atoms with Gasteiger partial charge in [-0.15, -0.1) is 0 Å². The summed E-state index contributed by atoms with van der Waals surface area (Å²) in [6, 6.07) is 3.69. The maximum atomic E-state index is 12.2. The third-order valence-corrected chi connectivity index (χ3v) is 3.66. The van der Waals surface area contributed by atoms with Crippen molar-refractivity contribution >= 4 is 23.1 Å². The predicted octanol–water partition coefficient (Wildman–Crippen LogP) is 0.412. The number of likely N-dealkylation sites (N-methyl/N-ethyl adjacent to an activating group) is 1. The van der Waals surface area contributed by atoms with E-state index in [1.165, 1.54) is 4.57 Å². The Labute approximate surface area is 117 Å². The normalized spacial score (nSPS) is 14.2. The highest BCUT2D eigenvalue weighted by atomic mass is 32.1. The van der Waals surface area contributed by atoms with Crippen molar-refractivity contribution in [3.8, 4) is 0 Å². The molecule has 0 radical (unpaired) electrons. The van der Waals surface area contributed by atoms with E-state index in [0.29, 0.717) is 6.04 Å². The Morgan fingerprint density at radius 3 is 2.68 bits per heavy atom. The highest BCUT2D eigenvalue weighted by Crippen LogP contribution is 2.25. The first-order chi connectivity index (χ1) is 8.91. The molecule has 102 valence electrons. The van der Waals surface area contributed by atoms with Gasteiger partial charge in [-0.05, 0) is 31.9 Å². The minimum atomic E-state index is -0.301. The van der Waals surface area contributed by atoms with Crippen molar-refractivity contribution in [3.05, 3.63) is 33.7 Å². The molecular weight excluding hydrogens is 262 g/mol. The number of thiocarbonyl (C=S) groups is 1. The van der Waals surface area contributed by atoms with Crippen LogP contribution in [0.4, 0.5) is 0 Å². The minimum absolute atomic E-state index is 0.0358. The topological polar surface area (TPSA) is 68.3 Å². The number of carbonyl (C=O) groups is 1. The monoisotopic (exact) mass is 279 g/mol. The maximum absolute atomic E-state index is 12.2. The summed E-state index contributed by atoms with van der Waals surface area (Å²) in [6.45, 7) is 1.82. The molecule has 1 amide bonds. The van der Waals surface area contributed by atoms with Gasteiger partial charge in [0.1, 0.15) is 11.5 Å². The Morgan fingerprint density at radius 1 is 1.53 bits per heavy atom. The smallest absolute Gasteiger partial charge is 0.261 e. The number of carbonyl (C=O) groups excluding carboxylic acids is 1. The molecule has 0 aliphatic heterocycles. The summed E-state index contributed by atoms with van der Waals surface area (Å²) in [5.41, 5.74) is 6.21. The van der Waals surface area contributed by atoms with Crippen LogP contribution >= 0.6 is 12.2 Å². The van der Waals surface area contributed by atoms with Gasteiger partial charge < -0.3 is 15.2 Å². The van der Waals surface area contributed by atoms with E-state index < -0.39 is 0 Å². The van der Waals surface area contributed by atoms with Crippen LogP contribution in [-0.4, -0.2) is 33.5 Å². The highest BCUT2D eigenvalue weighted by molar-refractivity contribution is 7.80. The van der Waals surface area contributed by atoms with Crippen molar-refractivity contribution in [3.63, 3.8) is 0 Å². The zero-order valence-corrected chi connectivity index (χ0v) is 11.9. The number of hydrogen-bond donors (Lipinski definition) is 1. The predicted molar refractivity (Wildman–Crippen MR) is 77.1 cm³/mol. The van der Waals surface area contributed by atoms with Gasteiger partial charge in [0.15, 0.2) is 0 Å². The summed E-state index contributed by atoms with van der Waals surface area (Å²) >= 11 is 4.84.